The van der Waals surface area contributed by atoms with Crippen LogP contribution in [-0.4, -0.2) is 55.9 Å². The molecule has 0 radical (unpaired) electrons. The number of nitrogens with zero attached hydrogens (tertiary/aromatic N) is 4. The van der Waals surface area contributed by atoms with E-state index >= 15 is 0 Å². The summed E-state index contributed by atoms with van der Waals surface area (Å²) in [5.41, 5.74) is 3.69. The maximum Gasteiger partial charge on any atom is 0.288 e. The normalized spacial score (nSPS) is 13.9. The Labute approximate surface area is 187 Å². The van der Waals surface area contributed by atoms with Crippen LogP contribution in [0, 0.1) is 11.3 Å². The molecule has 1 saturated heterocycles. The Balaban J connectivity index is 1.51. The van der Waals surface area contributed by atoms with Crippen molar-refractivity contribution in [3.63, 3.8) is 0 Å². The number of carbonyl (C=O) groups excluding carboxylic acids is 3. The molecule has 1 fully saturated rings. The number of nitriles is 1. The summed E-state index contributed by atoms with van der Waals surface area (Å²) in [4.78, 5) is 41.4. The summed E-state index contributed by atoms with van der Waals surface area (Å²) >= 11 is 2.34. The van der Waals surface area contributed by atoms with E-state index in [-0.39, 0.29) is 41.6 Å². The molecule has 0 aliphatic carbocycles. The van der Waals surface area contributed by atoms with Gasteiger partial charge in [-0.3, -0.25) is 23.7 Å². The number of carbonyl (C=O) groups is 3. The van der Waals surface area contributed by atoms with Gasteiger partial charge in [0, 0.05) is 13.1 Å². The van der Waals surface area contributed by atoms with Crippen molar-refractivity contribution in [3.8, 4) is 6.07 Å². The summed E-state index contributed by atoms with van der Waals surface area (Å²) in [5.74, 6) is -0.0992. The minimum Gasteiger partial charge on any atom is -0.354 e. The molecule has 158 valence electrons. The van der Waals surface area contributed by atoms with Crippen LogP contribution in [0.5, 0.6) is 0 Å². The summed E-state index contributed by atoms with van der Waals surface area (Å²) in [7, 11) is 0. The van der Waals surface area contributed by atoms with Crippen molar-refractivity contribution in [3.05, 3.63) is 41.5 Å². The molecule has 0 spiro atoms. The van der Waals surface area contributed by atoms with Gasteiger partial charge >= 0.3 is 0 Å². The van der Waals surface area contributed by atoms with Gasteiger partial charge in [-0.25, -0.2) is 4.98 Å². The average Bonchev–Trinajstić information content (AvgIpc) is 3.32. The minimum atomic E-state index is -0.271. The largest absolute Gasteiger partial charge is 0.354 e. The second-order valence-corrected chi connectivity index (χ2v) is 8.77. The molecule has 0 bridgehead atoms. The molecule has 4 rings (SSSR count). The zero-order valence-electron chi connectivity index (χ0n) is 16.8. The number of imidazole rings is 1. The first-order chi connectivity index (χ1) is 15.0. The van der Waals surface area contributed by atoms with Gasteiger partial charge in [0.1, 0.15) is 6.07 Å². The van der Waals surface area contributed by atoms with E-state index in [1.165, 1.54) is 11.8 Å². The zero-order chi connectivity index (χ0) is 22.0. The predicted octanol–water partition coefficient (Wildman–Crippen LogP) is 2.83. The molecule has 0 saturated carbocycles. The highest BCUT2D eigenvalue weighted by molar-refractivity contribution is 8.14. The number of para-hydroxylation sites is 2. The van der Waals surface area contributed by atoms with Gasteiger partial charge in [-0.15, -0.1) is 0 Å². The Bertz CT molecular complexity index is 1230. The third-order valence-electron chi connectivity index (χ3n) is 4.97. The van der Waals surface area contributed by atoms with E-state index in [1.807, 2.05) is 41.7 Å². The van der Waals surface area contributed by atoms with Gasteiger partial charge in [0.25, 0.3) is 5.24 Å². The topological polar surface area (TPSA) is 108 Å². The minimum absolute atomic E-state index is 0.160. The van der Waals surface area contributed by atoms with Gasteiger partial charge < -0.3 is 5.32 Å². The average molecular weight is 454 g/mol. The monoisotopic (exact) mass is 453 g/mol. The van der Waals surface area contributed by atoms with Crippen molar-refractivity contribution >= 4 is 57.3 Å². The molecule has 1 aliphatic heterocycles. The van der Waals surface area contributed by atoms with Crippen molar-refractivity contribution in [2.45, 2.75) is 18.4 Å². The quantitative estimate of drug-likeness (QED) is 0.548. The molecule has 1 aromatic carbocycles. The number of aromatic nitrogens is 2. The lowest BCUT2D eigenvalue weighted by molar-refractivity contribution is -0.125. The maximum atomic E-state index is 12.4. The summed E-state index contributed by atoms with van der Waals surface area (Å²) in [6.07, 6.45) is 0.679. The number of aryl methyl sites for hydroxylation is 1. The first-order valence-electron chi connectivity index (χ1n) is 9.73. The van der Waals surface area contributed by atoms with Crippen LogP contribution in [0.2, 0.25) is 0 Å². The predicted molar refractivity (Wildman–Crippen MR) is 120 cm³/mol. The molecule has 1 N–H and O–H groups in total. The van der Waals surface area contributed by atoms with Crippen molar-refractivity contribution in [2.24, 2.45) is 0 Å². The molecular weight excluding hydrogens is 434 g/mol. The van der Waals surface area contributed by atoms with E-state index in [0.717, 1.165) is 38.3 Å². The fourth-order valence-corrected chi connectivity index (χ4v) is 5.12. The van der Waals surface area contributed by atoms with Gasteiger partial charge in [-0.2, -0.15) is 5.26 Å². The third-order valence-corrected chi connectivity index (χ3v) is 6.83. The van der Waals surface area contributed by atoms with Crippen LogP contribution in [0.15, 0.2) is 35.4 Å². The number of hydrogen-bond donors (Lipinski definition) is 1. The smallest absolute Gasteiger partial charge is 0.288 e. The van der Waals surface area contributed by atoms with Gasteiger partial charge in [0.2, 0.25) is 11.8 Å². The number of benzene rings is 1. The Morgan fingerprint density at radius 3 is 2.87 bits per heavy atom. The third kappa shape index (κ3) is 4.11. The van der Waals surface area contributed by atoms with E-state index in [4.69, 9.17) is 0 Å². The number of nitrogens with one attached hydrogen (secondary N) is 1. The SMILES string of the molecule is CCc1cc(SCC(=O)NCCN2C(=O)CSC2=O)n2c(nc3ccccc32)c1C#N. The Morgan fingerprint density at radius 2 is 2.16 bits per heavy atom. The number of amides is 3. The van der Waals surface area contributed by atoms with Crippen molar-refractivity contribution in [1.29, 1.82) is 5.26 Å². The zero-order valence-corrected chi connectivity index (χ0v) is 18.4. The van der Waals surface area contributed by atoms with E-state index in [0.29, 0.717) is 17.6 Å². The van der Waals surface area contributed by atoms with Gasteiger partial charge in [-0.05, 0) is 30.2 Å². The second-order valence-electron chi connectivity index (χ2n) is 6.85. The number of pyridine rings is 1. The summed E-state index contributed by atoms with van der Waals surface area (Å²) in [6, 6.07) is 11.9. The highest BCUT2D eigenvalue weighted by atomic mass is 32.2. The van der Waals surface area contributed by atoms with Crippen LogP contribution >= 0.6 is 23.5 Å². The molecule has 0 atom stereocenters. The van der Waals surface area contributed by atoms with E-state index < -0.39 is 0 Å². The Kier molecular flexibility index (Phi) is 6.15. The molecule has 8 nitrogen and oxygen atoms in total. The summed E-state index contributed by atoms with van der Waals surface area (Å²) < 4.78 is 1.92. The fourth-order valence-electron chi connectivity index (χ4n) is 3.45. The summed E-state index contributed by atoms with van der Waals surface area (Å²) in [6.45, 7) is 2.37. The molecule has 31 heavy (non-hydrogen) atoms. The van der Waals surface area contributed by atoms with E-state index in [9.17, 15) is 19.6 Å². The van der Waals surface area contributed by atoms with Crippen LogP contribution < -0.4 is 5.32 Å². The van der Waals surface area contributed by atoms with Crippen LogP contribution in [0.1, 0.15) is 18.1 Å². The lowest BCUT2D eigenvalue weighted by atomic mass is 10.1. The van der Waals surface area contributed by atoms with Crippen molar-refractivity contribution in [2.75, 3.05) is 24.6 Å². The summed E-state index contributed by atoms with van der Waals surface area (Å²) in [5, 5.41) is 13.0. The van der Waals surface area contributed by atoms with E-state index in [1.54, 1.807) is 0 Å². The maximum absolute atomic E-state index is 12.4. The lowest BCUT2D eigenvalue weighted by Gasteiger charge is -2.13. The first-order valence-corrected chi connectivity index (χ1v) is 11.7. The highest BCUT2D eigenvalue weighted by Gasteiger charge is 2.29. The number of imide groups is 1. The molecule has 1 aliphatic rings. The molecule has 2 aromatic heterocycles. The highest BCUT2D eigenvalue weighted by Crippen LogP contribution is 2.29. The fraction of sp³-hybridized carbons (Fsp3) is 0.286. The Hall–Kier alpha value is -3.03. The van der Waals surface area contributed by atoms with Crippen LogP contribution in [-0.2, 0) is 16.0 Å². The van der Waals surface area contributed by atoms with Gasteiger partial charge in [0.05, 0.1) is 33.1 Å². The Morgan fingerprint density at radius 1 is 1.35 bits per heavy atom. The molecule has 10 heteroatoms. The van der Waals surface area contributed by atoms with Gasteiger partial charge in [0.15, 0.2) is 5.65 Å². The lowest BCUT2D eigenvalue weighted by Crippen LogP contribution is -2.38. The molecular formula is C21H19N5O3S2. The van der Waals surface area contributed by atoms with Crippen molar-refractivity contribution < 1.29 is 14.4 Å². The number of thioether (sulfide) groups is 2. The van der Waals surface area contributed by atoms with Crippen LogP contribution in [0.3, 0.4) is 0 Å². The molecule has 3 amide bonds. The first kappa shape index (κ1) is 21.2. The molecule has 3 heterocycles. The second kappa shape index (κ2) is 8.99. The van der Waals surface area contributed by atoms with E-state index in [2.05, 4.69) is 16.4 Å². The standard InChI is InChI=1S/C21H19N5O3S2/c1-2-13-9-19(26-16-6-4-3-5-15(16)24-20(26)14(13)10-22)30-11-17(27)23-7-8-25-18(28)12-31-21(25)29/h3-6,9H,2,7-8,11-12H2,1H3,(H,23,27). The number of hydrogen-bond acceptors (Lipinski definition) is 7. The number of rotatable bonds is 7. The number of fused-ring (bicyclic) bond motifs is 3. The molecule has 3 aromatic rings. The molecule has 0 unspecified atom stereocenters. The van der Waals surface area contributed by atoms with Gasteiger partial charge in [-0.1, -0.05) is 42.6 Å². The van der Waals surface area contributed by atoms with Crippen LogP contribution in [0.4, 0.5) is 4.79 Å². The van der Waals surface area contributed by atoms with Crippen molar-refractivity contribution in [1.82, 2.24) is 19.6 Å². The van der Waals surface area contributed by atoms with Crippen LogP contribution in [0.25, 0.3) is 16.7 Å².